The molecule has 1 aliphatic rings. The normalized spacial score (nSPS) is 19.9. The first kappa shape index (κ1) is 9.55. The van der Waals surface area contributed by atoms with Gasteiger partial charge >= 0.3 is 51.4 Å². The van der Waals surface area contributed by atoms with E-state index in [1.165, 1.54) is 4.03 Å². The number of halogens is 1. The molecule has 0 aromatic rings. The van der Waals surface area contributed by atoms with Gasteiger partial charge in [0.15, 0.2) is 0 Å². The molecule has 0 aliphatic carbocycles. The number of carbonyl (C=O) groups is 1. The van der Waals surface area contributed by atoms with Gasteiger partial charge in [0.2, 0.25) is 5.91 Å². The summed E-state index contributed by atoms with van der Waals surface area (Å²) in [6.07, 6.45) is 0.477. The van der Waals surface area contributed by atoms with Crippen molar-refractivity contribution in [3.05, 3.63) is 6.54 Å². The second-order valence-corrected chi connectivity index (χ2v) is 2.00. The third kappa shape index (κ3) is 2.91. The van der Waals surface area contributed by atoms with E-state index in [2.05, 4.69) is 21.6 Å². The van der Waals surface area contributed by atoms with Crippen molar-refractivity contribution in [2.24, 2.45) is 0 Å². The van der Waals surface area contributed by atoms with E-state index in [1.54, 1.807) is 6.54 Å². The maximum absolute atomic E-state index is 10.2. The number of hydrogen-bond acceptors (Lipinski definition) is 2. The second-order valence-electron chi connectivity index (χ2n) is 1.23. The van der Waals surface area contributed by atoms with Crippen molar-refractivity contribution in [1.82, 2.24) is 9.46 Å². The van der Waals surface area contributed by atoms with Gasteiger partial charge in [0.25, 0.3) is 0 Å². The van der Waals surface area contributed by atoms with Crippen molar-refractivity contribution in [3.63, 3.8) is 0 Å². The van der Waals surface area contributed by atoms with E-state index in [0.29, 0.717) is 6.42 Å². The topological polar surface area (TPSA) is 32.3 Å². The molecule has 1 amide bonds. The minimum Gasteiger partial charge on any atom is -0.311 e. The minimum atomic E-state index is 0. The van der Waals surface area contributed by atoms with Crippen LogP contribution in [-0.2, 0) is 4.79 Å². The van der Waals surface area contributed by atoms with Gasteiger partial charge in [-0.1, -0.05) is 6.42 Å². The first-order chi connectivity index (χ1) is 3.29. The van der Waals surface area contributed by atoms with E-state index in [4.69, 9.17) is 0 Å². The standard InChI is InChI=1S/C3H4BrN2O.K/c4-6-2-1-3(7)5-6;/h2H,1H2,(H,5,7);/q-1;+1. The fraction of sp³-hybridized carbons (Fsp3) is 0.333. The van der Waals surface area contributed by atoms with Gasteiger partial charge in [-0.15, -0.1) is 0 Å². The van der Waals surface area contributed by atoms with Crippen LogP contribution in [0.1, 0.15) is 6.42 Å². The number of nitrogens with zero attached hydrogens (tertiary/aromatic N) is 1. The Labute approximate surface area is 98.9 Å². The van der Waals surface area contributed by atoms with Crippen LogP contribution in [0, 0.1) is 6.54 Å². The molecule has 1 fully saturated rings. The summed E-state index contributed by atoms with van der Waals surface area (Å²) in [7, 11) is 0. The van der Waals surface area contributed by atoms with Crippen molar-refractivity contribution in [1.29, 1.82) is 0 Å². The van der Waals surface area contributed by atoms with Crippen molar-refractivity contribution < 1.29 is 56.2 Å². The van der Waals surface area contributed by atoms with Gasteiger partial charge in [-0.25, -0.2) is 6.54 Å². The quantitative estimate of drug-likeness (QED) is 0.262. The summed E-state index contributed by atoms with van der Waals surface area (Å²) in [6, 6.07) is 0. The molecule has 0 atom stereocenters. The van der Waals surface area contributed by atoms with E-state index >= 15 is 0 Å². The van der Waals surface area contributed by atoms with Crippen LogP contribution in [0.15, 0.2) is 0 Å². The molecule has 1 rings (SSSR count). The zero-order chi connectivity index (χ0) is 5.28. The van der Waals surface area contributed by atoms with Gasteiger partial charge in [-0.2, -0.15) is 0 Å². The van der Waals surface area contributed by atoms with Crippen molar-refractivity contribution in [2.75, 3.05) is 0 Å². The van der Waals surface area contributed by atoms with Crippen LogP contribution < -0.4 is 56.8 Å². The molecule has 1 aliphatic heterocycles. The Kier molecular flexibility index (Phi) is 5.22. The number of hydrazine groups is 1. The average molecular weight is 203 g/mol. The Balaban J connectivity index is 0.000000490. The number of amides is 1. The average Bonchev–Trinajstić information content (AvgIpc) is 1.87. The molecule has 1 N–H and O–H groups in total. The molecule has 0 aromatic carbocycles. The van der Waals surface area contributed by atoms with Crippen molar-refractivity contribution in [2.45, 2.75) is 6.42 Å². The predicted molar refractivity (Wildman–Crippen MR) is 27.8 cm³/mol. The Morgan fingerprint density at radius 3 is 2.62 bits per heavy atom. The number of hydrogen-bond donors (Lipinski definition) is 1. The Hall–Kier alpha value is 1.55. The molecule has 5 heteroatoms. The molecule has 0 unspecified atom stereocenters. The largest absolute Gasteiger partial charge is 1.00 e. The summed E-state index contributed by atoms with van der Waals surface area (Å²) in [5.74, 6) is 0.0249. The monoisotopic (exact) mass is 202 g/mol. The zero-order valence-corrected chi connectivity index (χ0v) is 9.23. The molecular formula is C3H4BrKN2O. The van der Waals surface area contributed by atoms with Gasteiger partial charge in [0.05, 0.1) is 0 Å². The van der Waals surface area contributed by atoms with Crippen LogP contribution in [0.3, 0.4) is 0 Å². The molecule has 0 bridgehead atoms. The van der Waals surface area contributed by atoms with Crippen LogP contribution in [0.4, 0.5) is 0 Å². The molecular weight excluding hydrogens is 199 g/mol. The van der Waals surface area contributed by atoms with E-state index in [1.807, 2.05) is 0 Å². The van der Waals surface area contributed by atoms with E-state index in [0.717, 1.165) is 0 Å². The molecule has 0 saturated carbocycles. The Morgan fingerprint density at radius 2 is 2.50 bits per heavy atom. The summed E-state index contributed by atoms with van der Waals surface area (Å²) in [5.41, 5.74) is 2.47. The smallest absolute Gasteiger partial charge is 0.311 e. The molecule has 3 nitrogen and oxygen atoms in total. The number of carbonyl (C=O) groups excluding carboxylic acids is 1. The first-order valence-electron chi connectivity index (χ1n) is 1.87. The zero-order valence-electron chi connectivity index (χ0n) is 4.52. The van der Waals surface area contributed by atoms with Crippen LogP contribution in [0.5, 0.6) is 0 Å². The van der Waals surface area contributed by atoms with Crippen LogP contribution in [0.25, 0.3) is 0 Å². The molecule has 0 aromatic heterocycles. The van der Waals surface area contributed by atoms with Crippen molar-refractivity contribution >= 4 is 22.1 Å². The number of nitrogens with one attached hydrogen (secondary N) is 1. The predicted octanol–water partition coefficient (Wildman–Crippen LogP) is -2.80. The third-order valence-electron chi connectivity index (χ3n) is 0.668. The van der Waals surface area contributed by atoms with Gasteiger partial charge in [-0.3, -0.25) is 4.79 Å². The van der Waals surface area contributed by atoms with Gasteiger partial charge in [0.1, 0.15) is 0 Å². The van der Waals surface area contributed by atoms with Crippen LogP contribution in [-0.4, -0.2) is 9.94 Å². The molecule has 0 radical (unpaired) electrons. The van der Waals surface area contributed by atoms with Gasteiger partial charge in [-0.05, 0) is 16.1 Å². The summed E-state index contributed by atoms with van der Waals surface area (Å²) >= 11 is 3.02. The van der Waals surface area contributed by atoms with E-state index in [-0.39, 0.29) is 57.3 Å². The maximum atomic E-state index is 10.2. The van der Waals surface area contributed by atoms with E-state index < -0.39 is 0 Å². The minimum absolute atomic E-state index is 0. The van der Waals surface area contributed by atoms with Crippen molar-refractivity contribution in [3.8, 4) is 0 Å². The Morgan fingerprint density at radius 1 is 1.88 bits per heavy atom. The third-order valence-corrected chi connectivity index (χ3v) is 1.14. The van der Waals surface area contributed by atoms with Crippen LogP contribution >= 0.6 is 16.1 Å². The summed E-state index contributed by atoms with van der Waals surface area (Å²) in [4.78, 5) is 10.2. The van der Waals surface area contributed by atoms with E-state index in [9.17, 15) is 4.79 Å². The first-order valence-corrected chi connectivity index (χ1v) is 2.58. The maximum Gasteiger partial charge on any atom is 1.00 e. The summed E-state index contributed by atoms with van der Waals surface area (Å²) < 4.78 is 1.47. The van der Waals surface area contributed by atoms with Crippen LogP contribution in [0.2, 0.25) is 0 Å². The fourth-order valence-electron chi connectivity index (χ4n) is 0.373. The number of rotatable bonds is 0. The summed E-state index contributed by atoms with van der Waals surface area (Å²) in [6.45, 7) is 1.71. The van der Waals surface area contributed by atoms with Gasteiger partial charge < -0.3 is 9.46 Å². The second kappa shape index (κ2) is 4.38. The molecule has 8 heavy (non-hydrogen) atoms. The molecule has 1 heterocycles. The molecule has 40 valence electrons. The van der Waals surface area contributed by atoms with Gasteiger partial charge in [0, 0.05) is 0 Å². The fourth-order valence-corrected chi connectivity index (χ4v) is 0.716. The molecule has 0 spiro atoms. The molecule has 1 saturated heterocycles. The summed E-state index contributed by atoms with van der Waals surface area (Å²) in [5, 5.41) is 0. The Bertz CT molecular complexity index is 99.3. The SMILES string of the molecule is O=C1C[CH-]N(Br)N1.[K+].